The number of hydrogen-bond donors (Lipinski definition) is 2. The Labute approximate surface area is 211 Å². The summed E-state index contributed by atoms with van der Waals surface area (Å²) in [6.45, 7) is 2.64. The van der Waals surface area contributed by atoms with Gasteiger partial charge in [-0.1, -0.05) is 12.1 Å². The molecule has 0 saturated carbocycles. The highest BCUT2D eigenvalue weighted by Gasteiger charge is 2.17. The van der Waals surface area contributed by atoms with Crippen molar-refractivity contribution in [3.05, 3.63) is 104 Å². The second kappa shape index (κ2) is 11.2. The molecule has 0 aliphatic carbocycles. The molecule has 0 aliphatic heterocycles. The molecule has 0 fully saturated rings. The van der Waals surface area contributed by atoms with Gasteiger partial charge in [-0.3, -0.25) is 19.0 Å². The quantitative estimate of drug-likeness (QED) is 0.354. The molecule has 2 heterocycles. The number of rotatable bonds is 9. The lowest BCUT2D eigenvalue weighted by Gasteiger charge is -2.11. The van der Waals surface area contributed by atoms with E-state index >= 15 is 0 Å². The molecule has 2 aromatic carbocycles. The normalized spacial score (nSPS) is 10.6. The van der Waals surface area contributed by atoms with E-state index in [9.17, 15) is 19.2 Å². The smallest absolute Gasteiger partial charge is 0.333 e. The Morgan fingerprint density at radius 2 is 1.84 bits per heavy atom. The summed E-state index contributed by atoms with van der Waals surface area (Å²) in [6.07, 6.45) is 2.46. The summed E-state index contributed by atoms with van der Waals surface area (Å²) in [4.78, 5) is 57.3. The molecule has 4 aromatic rings. The van der Waals surface area contributed by atoms with E-state index in [1.165, 1.54) is 30.1 Å². The molecule has 0 radical (unpaired) electrons. The zero-order valence-electron chi connectivity index (χ0n) is 20.3. The van der Waals surface area contributed by atoms with Gasteiger partial charge in [0.2, 0.25) is 0 Å². The first-order valence-corrected chi connectivity index (χ1v) is 11.5. The predicted octanol–water partition coefficient (Wildman–Crippen LogP) is 1.59. The number of nitrogens with zero attached hydrogens (tertiary/aromatic N) is 3. The van der Waals surface area contributed by atoms with Crippen LogP contribution in [0.1, 0.15) is 17.3 Å². The monoisotopic (exact) mass is 503 g/mol. The van der Waals surface area contributed by atoms with Gasteiger partial charge in [-0.25, -0.2) is 14.3 Å². The van der Waals surface area contributed by atoms with Crippen molar-refractivity contribution in [2.24, 2.45) is 0 Å². The SMILES string of the molecule is CCOc1ccc(-c2cc(=O)n(CCNC(=O)c3c[nH]c(=O)n(-c4ccccc4OC)c3=O)cn2)cc1. The lowest BCUT2D eigenvalue weighted by molar-refractivity contribution is 0.0949. The topological polar surface area (TPSA) is 137 Å². The van der Waals surface area contributed by atoms with Crippen LogP contribution >= 0.6 is 0 Å². The average molecular weight is 504 g/mol. The zero-order valence-corrected chi connectivity index (χ0v) is 20.3. The van der Waals surface area contributed by atoms with Crippen LogP contribution in [0.5, 0.6) is 11.5 Å². The van der Waals surface area contributed by atoms with Gasteiger partial charge in [0.05, 0.1) is 31.4 Å². The third kappa shape index (κ3) is 5.50. The Balaban J connectivity index is 1.46. The first kappa shape index (κ1) is 25.2. The highest BCUT2D eigenvalue weighted by molar-refractivity contribution is 5.93. The van der Waals surface area contributed by atoms with E-state index in [1.807, 2.05) is 19.1 Å². The van der Waals surface area contributed by atoms with Crippen molar-refractivity contribution in [1.29, 1.82) is 0 Å². The molecular formula is C26H25N5O6. The van der Waals surface area contributed by atoms with E-state index in [0.717, 1.165) is 22.1 Å². The standard InChI is InChI=1S/C26H25N5O6/c1-3-37-18-10-8-17(9-11-18)20-14-23(32)30(16-29-20)13-12-27-24(33)19-15-28-26(35)31(25(19)34)21-6-4-5-7-22(21)36-2/h4-11,14-16H,3,12-13H2,1-2H3,(H,27,33)(H,28,35). The highest BCUT2D eigenvalue weighted by Crippen LogP contribution is 2.20. The first-order valence-electron chi connectivity index (χ1n) is 11.5. The number of aromatic nitrogens is 4. The second-order valence-electron chi connectivity index (χ2n) is 7.84. The Morgan fingerprint density at radius 1 is 1.08 bits per heavy atom. The minimum atomic E-state index is -0.802. The van der Waals surface area contributed by atoms with Gasteiger partial charge >= 0.3 is 5.69 Å². The van der Waals surface area contributed by atoms with Crippen molar-refractivity contribution in [3.8, 4) is 28.4 Å². The average Bonchev–Trinajstić information content (AvgIpc) is 2.90. The molecule has 0 spiro atoms. The molecule has 0 atom stereocenters. The van der Waals surface area contributed by atoms with Gasteiger partial charge in [-0.15, -0.1) is 0 Å². The fourth-order valence-corrected chi connectivity index (χ4v) is 3.69. The van der Waals surface area contributed by atoms with Crippen LogP contribution in [-0.2, 0) is 6.54 Å². The van der Waals surface area contributed by atoms with E-state index in [2.05, 4.69) is 15.3 Å². The van der Waals surface area contributed by atoms with E-state index < -0.39 is 17.2 Å². The van der Waals surface area contributed by atoms with Crippen LogP contribution in [0.3, 0.4) is 0 Å². The maximum Gasteiger partial charge on any atom is 0.333 e. The molecule has 2 N–H and O–H groups in total. The molecule has 4 rings (SSSR count). The summed E-state index contributed by atoms with van der Waals surface area (Å²) in [7, 11) is 1.41. The summed E-state index contributed by atoms with van der Waals surface area (Å²) in [5.41, 5.74) is -0.585. The second-order valence-corrected chi connectivity index (χ2v) is 7.84. The van der Waals surface area contributed by atoms with E-state index in [1.54, 1.807) is 30.3 Å². The van der Waals surface area contributed by atoms with Crippen LogP contribution in [0.2, 0.25) is 0 Å². The molecule has 37 heavy (non-hydrogen) atoms. The number of H-pyrrole nitrogens is 1. The van der Waals surface area contributed by atoms with Crippen LogP contribution in [-0.4, -0.2) is 45.3 Å². The van der Waals surface area contributed by atoms with Crippen LogP contribution in [0.15, 0.2) is 81.5 Å². The fraction of sp³-hybridized carbons (Fsp3) is 0.192. The third-order valence-electron chi connectivity index (χ3n) is 5.53. The van der Waals surface area contributed by atoms with Gasteiger partial charge in [-0.05, 0) is 43.3 Å². The third-order valence-corrected chi connectivity index (χ3v) is 5.53. The predicted molar refractivity (Wildman–Crippen MR) is 137 cm³/mol. The highest BCUT2D eigenvalue weighted by atomic mass is 16.5. The lowest BCUT2D eigenvalue weighted by atomic mass is 10.1. The van der Waals surface area contributed by atoms with Crippen LogP contribution in [0.4, 0.5) is 0 Å². The number of aromatic amines is 1. The van der Waals surface area contributed by atoms with Gasteiger partial charge in [-0.2, -0.15) is 0 Å². The molecule has 0 saturated heterocycles. The van der Waals surface area contributed by atoms with Gasteiger partial charge in [0, 0.05) is 30.9 Å². The number of ether oxygens (including phenoxy) is 2. The number of amides is 1. The zero-order chi connectivity index (χ0) is 26.4. The first-order chi connectivity index (χ1) is 17.9. The van der Waals surface area contributed by atoms with E-state index in [0.29, 0.717) is 18.1 Å². The molecule has 0 unspecified atom stereocenters. The van der Waals surface area contributed by atoms with Gasteiger partial charge in [0.1, 0.15) is 17.1 Å². The Hall–Kier alpha value is -4.93. The summed E-state index contributed by atoms with van der Waals surface area (Å²) < 4.78 is 12.8. The molecule has 1 amide bonds. The minimum Gasteiger partial charge on any atom is -0.495 e. The summed E-state index contributed by atoms with van der Waals surface area (Å²) >= 11 is 0. The lowest BCUT2D eigenvalue weighted by Crippen LogP contribution is -2.40. The Morgan fingerprint density at radius 3 is 2.54 bits per heavy atom. The van der Waals surface area contributed by atoms with E-state index in [-0.39, 0.29) is 29.9 Å². The Bertz CT molecular complexity index is 1590. The maximum atomic E-state index is 13.0. The number of para-hydroxylation sites is 2. The van der Waals surface area contributed by atoms with Crippen molar-refractivity contribution in [2.45, 2.75) is 13.5 Å². The number of benzene rings is 2. The molecule has 0 bridgehead atoms. The summed E-state index contributed by atoms with van der Waals surface area (Å²) in [6, 6.07) is 15.1. The fourth-order valence-electron chi connectivity index (χ4n) is 3.69. The van der Waals surface area contributed by atoms with Gasteiger partial charge < -0.3 is 19.8 Å². The molecule has 190 valence electrons. The molecule has 0 aliphatic rings. The van der Waals surface area contributed by atoms with Crippen LogP contribution < -0.4 is 31.6 Å². The number of carbonyl (C=O) groups is 1. The van der Waals surface area contributed by atoms with Crippen LogP contribution in [0.25, 0.3) is 16.9 Å². The minimum absolute atomic E-state index is 0.0516. The largest absolute Gasteiger partial charge is 0.495 e. The summed E-state index contributed by atoms with van der Waals surface area (Å²) in [5, 5.41) is 2.60. The van der Waals surface area contributed by atoms with Gasteiger partial charge in [0.15, 0.2) is 0 Å². The number of methoxy groups -OCH3 is 1. The van der Waals surface area contributed by atoms with Gasteiger partial charge in [0.25, 0.3) is 17.0 Å². The van der Waals surface area contributed by atoms with E-state index in [4.69, 9.17) is 9.47 Å². The molecule has 11 nitrogen and oxygen atoms in total. The van der Waals surface area contributed by atoms with Crippen LogP contribution in [0, 0.1) is 0 Å². The molecule has 2 aromatic heterocycles. The molecular weight excluding hydrogens is 478 g/mol. The van der Waals surface area contributed by atoms with Crippen molar-refractivity contribution in [3.63, 3.8) is 0 Å². The van der Waals surface area contributed by atoms with Crippen molar-refractivity contribution < 1.29 is 14.3 Å². The maximum absolute atomic E-state index is 13.0. The number of nitrogens with one attached hydrogen (secondary N) is 2. The Kier molecular flexibility index (Phi) is 7.62. The van der Waals surface area contributed by atoms with Crippen molar-refractivity contribution in [2.75, 3.05) is 20.3 Å². The number of hydrogen-bond acceptors (Lipinski definition) is 7. The number of carbonyl (C=O) groups excluding carboxylic acids is 1. The molecule has 11 heteroatoms. The van der Waals surface area contributed by atoms with Crippen molar-refractivity contribution >= 4 is 5.91 Å². The summed E-state index contributed by atoms with van der Waals surface area (Å²) in [5.74, 6) is 0.331. The van der Waals surface area contributed by atoms with Crippen molar-refractivity contribution in [1.82, 2.24) is 24.4 Å².